The maximum atomic E-state index is 10.8. The van der Waals surface area contributed by atoms with Crippen molar-refractivity contribution in [1.29, 1.82) is 0 Å². The van der Waals surface area contributed by atoms with E-state index in [1.54, 1.807) is 24.3 Å². The number of carboxylic acids is 1. The van der Waals surface area contributed by atoms with Gasteiger partial charge >= 0.3 is 5.97 Å². The van der Waals surface area contributed by atoms with Gasteiger partial charge in [0.05, 0.1) is 5.92 Å². The highest BCUT2D eigenvalue weighted by molar-refractivity contribution is 6.30. The SMILES string of the molecule is CC[C@H](C(=O)O)c1cccc(Cl)c1. The monoisotopic (exact) mass is 198 g/mol. The minimum absolute atomic E-state index is 0.446. The zero-order valence-corrected chi connectivity index (χ0v) is 8.08. The molecule has 0 bridgehead atoms. The second kappa shape index (κ2) is 4.28. The van der Waals surface area contributed by atoms with Gasteiger partial charge in [-0.3, -0.25) is 4.79 Å². The molecule has 0 radical (unpaired) electrons. The van der Waals surface area contributed by atoms with E-state index in [-0.39, 0.29) is 0 Å². The van der Waals surface area contributed by atoms with Crippen molar-refractivity contribution in [3.05, 3.63) is 34.9 Å². The summed E-state index contributed by atoms with van der Waals surface area (Å²) in [5.74, 6) is -1.25. The van der Waals surface area contributed by atoms with Gasteiger partial charge in [-0.05, 0) is 24.1 Å². The number of rotatable bonds is 3. The van der Waals surface area contributed by atoms with Gasteiger partial charge in [-0.1, -0.05) is 30.7 Å². The lowest BCUT2D eigenvalue weighted by atomic mass is 9.97. The van der Waals surface area contributed by atoms with Crippen LogP contribution < -0.4 is 0 Å². The fraction of sp³-hybridized carbons (Fsp3) is 0.300. The Labute approximate surface area is 82.2 Å². The fourth-order valence-electron chi connectivity index (χ4n) is 1.28. The van der Waals surface area contributed by atoms with E-state index in [1.165, 1.54) is 0 Å². The Balaban J connectivity index is 2.98. The van der Waals surface area contributed by atoms with Crippen LogP contribution >= 0.6 is 11.6 Å². The molecule has 1 aromatic carbocycles. The molecule has 1 N–H and O–H groups in total. The third-order valence-corrected chi connectivity index (χ3v) is 2.19. The first-order valence-electron chi connectivity index (χ1n) is 4.13. The van der Waals surface area contributed by atoms with E-state index < -0.39 is 11.9 Å². The molecule has 1 rings (SSSR count). The van der Waals surface area contributed by atoms with Gasteiger partial charge in [-0.25, -0.2) is 0 Å². The van der Waals surface area contributed by atoms with Crippen molar-refractivity contribution in [2.45, 2.75) is 19.3 Å². The molecule has 3 heteroatoms. The van der Waals surface area contributed by atoms with Gasteiger partial charge in [0.2, 0.25) is 0 Å². The summed E-state index contributed by atoms with van der Waals surface area (Å²) in [7, 11) is 0. The topological polar surface area (TPSA) is 37.3 Å². The van der Waals surface area contributed by atoms with Crippen molar-refractivity contribution in [1.82, 2.24) is 0 Å². The lowest BCUT2D eigenvalue weighted by Gasteiger charge is -2.09. The summed E-state index contributed by atoms with van der Waals surface area (Å²) in [5.41, 5.74) is 0.766. The minimum Gasteiger partial charge on any atom is -0.481 e. The molecule has 0 aliphatic rings. The fourth-order valence-corrected chi connectivity index (χ4v) is 1.47. The second-order valence-corrected chi connectivity index (χ2v) is 3.29. The Morgan fingerprint density at radius 3 is 2.77 bits per heavy atom. The number of carbonyl (C=O) groups is 1. The van der Waals surface area contributed by atoms with Crippen LogP contribution in [-0.2, 0) is 4.79 Å². The van der Waals surface area contributed by atoms with E-state index in [0.717, 1.165) is 5.56 Å². The van der Waals surface area contributed by atoms with Crippen LogP contribution in [0.4, 0.5) is 0 Å². The first-order valence-corrected chi connectivity index (χ1v) is 4.51. The van der Waals surface area contributed by atoms with Crippen LogP contribution in [-0.4, -0.2) is 11.1 Å². The van der Waals surface area contributed by atoms with Crippen LogP contribution in [0, 0.1) is 0 Å². The minimum atomic E-state index is -0.801. The standard InChI is InChI=1S/C10H11ClO2/c1-2-9(10(12)13)7-4-3-5-8(11)6-7/h3-6,9H,2H2,1H3,(H,12,13)/t9-/m0/s1. The Morgan fingerprint density at radius 1 is 1.62 bits per heavy atom. The van der Waals surface area contributed by atoms with Gasteiger partial charge in [0.15, 0.2) is 0 Å². The number of carboxylic acid groups (broad SMARTS) is 1. The Hall–Kier alpha value is -1.02. The zero-order valence-electron chi connectivity index (χ0n) is 7.33. The molecule has 0 fully saturated rings. The Morgan fingerprint density at radius 2 is 2.31 bits per heavy atom. The predicted molar refractivity (Wildman–Crippen MR) is 52.1 cm³/mol. The maximum absolute atomic E-state index is 10.8. The molecule has 1 aromatic rings. The van der Waals surface area contributed by atoms with Gasteiger partial charge < -0.3 is 5.11 Å². The van der Waals surface area contributed by atoms with Crippen LogP contribution in [0.2, 0.25) is 5.02 Å². The highest BCUT2D eigenvalue weighted by Crippen LogP contribution is 2.22. The summed E-state index contributed by atoms with van der Waals surface area (Å²) >= 11 is 5.76. The molecule has 2 nitrogen and oxygen atoms in total. The molecular weight excluding hydrogens is 188 g/mol. The van der Waals surface area contributed by atoms with E-state index in [2.05, 4.69) is 0 Å². The lowest BCUT2D eigenvalue weighted by Crippen LogP contribution is -2.10. The highest BCUT2D eigenvalue weighted by atomic mass is 35.5. The van der Waals surface area contributed by atoms with Crippen molar-refractivity contribution >= 4 is 17.6 Å². The predicted octanol–water partition coefficient (Wildman–Crippen LogP) is 2.92. The third kappa shape index (κ3) is 2.46. The third-order valence-electron chi connectivity index (χ3n) is 1.96. The molecule has 70 valence electrons. The molecular formula is C10H11ClO2. The van der Waals surface area contributed by atoms with Crippen molar-refractivity contribution in [3.8, 4) is 0 Å². The van der Waals surface area contributed by atoms with Crippen molar-refractivity contribution in [2.75, 3.05) is 0 Å². The van der Waals surface area contributed by atoms with Gasteiger partial charge in [0, 0.05) is 5.02 Å². The van der Waals surface area contributed by atoms with Crippen LogP contribution in [0.25, 0.3) is 0 Å². The molecule has 13 heavy (non-hydrogen) atoms. The van der Waals surface area contributed by atoms with Crippen LogP contribution in [0.5, 0.6) is 0 Å². The first-order chi connectivity index (χ1) is 6.15. The molecule has 0 unspecified atom stereocenters. The average molecular weight is 199 g/mol. The normalized spacial score (nSPS) is 12.5. The van der Waals surface area contributed by atoms with Crippen LogP contribution in [0.1, 0.15) is 24.8 Å². The summed E-state index contributed by atoms with van der Waals surface area (Å²) in [6.45, 7) is 1.85. The van der Waals surface area contributed by atoms with Gasteiger partial charge in [0.1, 0.15) is 0 Å². The average Bonchev–Trinajstić information content (AvgIpc) is 2.04. The highest BCUT2D eigenvalue weighted by Gasteiger charge is 2.16. The molecule has 0 heterocycles. The Bertz CT molecular complexity index is 310. The summed E-state index contributed by atoms with van der Waals surface area (Å²) in [4.78, 5) is 10.8. The van der Waals surface area contributed by atoms with E-state index >= 15 is 0 Å². The smallest absolute Gasteiger partial charge is 0.310 e. The number of halogens is 1. The molecule has 1 atom stereocenters. The Kier molecular flexibility index (Phi) is 3.32. The van der Waals surface area contributed by atoms with E-state index in [1.807, 2.05) is 6.92 Å². The number of benzene rings is 1. The van der Waals surface area contributed by atoms with E-state index in [9.17, 15) is 4.79 Å². The summed E-state index contributed by atoms with van der Waals surface area (Å²) < 4.78 is 0. The molecule has 0 spiro atoms. The quantitative estimate of drug-likeness (QED) is 0.811. The molecule has 0 aliphatic carbocycles. The van der Waals surface area contributed by atoms with Gasteiger partial charge in [-0.2, -0.15) is 0 Å². The largest absolute Gasteiger partial charge is 0.481 e. The number of hydrogen-bond donors (Lipinski definition) is 1. The summed E-state index contributed by atoms with van der Waals surface area (Å²) in [6, 6.07) is 6.99. The van der Waals surface area contributed by atoms with E-state index in [0.29, 0.717) is 11.4 Å². The molecule has 0 saturated heterocycles. The van der Waals surface area contributed by atoms with Crippen molar-refractivity contribution < 1.29 is 9.90 Å². The van der Waals surface area contributed by atoms with Gasteiger partial charge in [-0.15, -0.1) is 0 Å². The lowest BCUT2D eigenvalue weighted by molar-refractivity contribution is -0.138. The second-order valence-electron chi connectivity index (χ2n) is 2.85. The zero-order chi connectivity index (χ0) is 9.84. The molecule has 0 saturated carbocycles. The summed E-state index contributed by atoms with van der Waals surface area (Å²) in [5, 5.41) is 9.46. The number of aliphatic carboxylic acids is 1. The molecule has 0 aliphatic heterocycles. The maximum Gasteiger partial charge on any atom is 0.310 e. The first kappa shape index (κ1) is 10.1. The van der Waals surface area contributed by atoms with Crippen molar-refractivity contribution in [3.63, 3.8) is 0 Å². The van der Waals surface area contributed by atoms with Crippen LogP contribution in [0.3, 0.4) is 0 Å². The van der Waals surface area contributed by atoms with Crippen LogP contribution in [0.15, 0.2) is 24.3 Å². The van der Waals surface area contributed by atoms with Gasteiger partial charge in [0.25, 0.3) is 0 Å². The number of hydrogen-bond acceptors (Lipinski definition) is 1. The molecule has 0 amide bonds. The van der Waals surface area contributed by atoms with E-state index in [4.69, 9.17) is 16.7 Å². The molecule has 0 aromatic heterocycles. The summed E-state index contributed by atoms with van der Waals surface area (Å²) in [6.07, 6.45) is 0.579. The van der Waals surface area contributed by atoms with Crippen molar-refractivity contribution in [2.24, 2.45) is 0 Å².